The molecule has 3 rings (SSSR count). The number of carbonyl (C=O) groups is 1. The van der Waals surface area contributed by atoms with E-state index < -0.39 is 11.8 Å². The van der Waals surface area contributed by atoms with E-state index in [2.05, 4.69) is 17.1 Å². The Hall–Kier alpha value is -1.46. The van der Waals surface area contributed by atoms with Crippen molar-refractivity contribution in [3.8, 4) is 0 Å². The molecule has 2 N–H and O–H groups in total. The summed E-state index contributed by atoms with van der Waals surface area (Å²) in [6.07, 6.45) is 2.16. The van der Waals surface area contributed by atoms with E-state index in [9.17, 15) is 9.18 Å². The van der Waals surface area contributed by atoms with Crippen molar-refractivity contribution in [3.05, 3.63) is 34.6 Å². The average Bonchev–Trinajstić information content (AvgIpc) is 3.23. The number of carboxylic acids is 1. The lowest BCUT2D eigenvalue weighted by atomic mass is 9.98. The zero-order valence-electron chi connectivity index (χ0n) is 12.2. The first-order valence-electron chi connectivity index (χ1n) is 7.56. The van der Waals surface area contributed by atoms with Crippen LogP contribution in [0.4, 0.5) is 4.39 Å². The highest BCUT2D eigenvalue weighted by Crippen LogP contribution is 2.42. The van der Waals surface area contributed by atoms with Crippen LogP contribution in [0.3, 0.4) is 0 Å². The Morgan fingerprint density at radius 3 is 2.86 bits per heavy atom. The zero-order valence-corrected chi connectivity index (χ0v) is 12.2. The Bertz CT molecular complexity index is 557. The van der Waals surface area contributed by atoms with Crippen molar-refractivity contribution in [1.29, 1.82) is 0 Å². The van der Waals surface area contributed by atoms with E-state index in [1.54, 1.807) is 6.07 Å². The van der Waals surface area contributed by atoms with Gasteiger partial charge in [-0.05, 0) is 48.9 Å². The lowest BCUT2D eigenvalue weighted by molar-refractivity contribution is 0.0691. The van der Waals surface area contributed by atoms with E-state index in [1.807, 2.05) is 0 Å². The average molecular weight is 292 g/mol. The molecule has 2 fully saturated rings. The second kappa shape index (κ2) is 5.73. The van der Waals surface area contributed by atoms with Gasteiger partial charge in [-0.2, -0.15) is 0 Å². The van der Waals surface area contributed by atoms with Crippen LogP contribution in [-0.4, -0.2) is 41.7 Å². The summed E-state index contributed by atoms with van der Waals surface area (Å²) in [6, 6.07) is 3.42. The number of piperazine rings is 1. The minimum absolute atomic E-state index is 0.200. The topological polar surface area (TPSA) is 52.6 Å². The number of nitrogens with zero attached hydrogens (tertiary/aromatic N) is 1. The maximum atomic E-state index is 14.0. The summed E-state index contributed by atoms with van der Waals surface area (Å²) < 4.78 is 14.0. The van der Waals surface area contributed by atoms with Crippen molar-refractivity contribution in [2.45, 2.75) is 38.3 Å². The maximum Gasteiger partial charge on any atom is 0.338 e. The Morgan fingerprint density at radius 1 is 1.48 bits per heavy atom. The van der Waals surface area contributed by atoms with Crippen LogP contribution in [0.1, 0.15) is 47.2 Å². The molecule has 5 heteroatoms. The van der Waals surface area contributed by atoms with Gasteiger partial charge in [-0.25, -0.2) is 9.18 Å². The molecule has 1 heterocycles. The molecule has 1 aromatic rings. The van der Waals surface area contributed by atoms with Crippen LogP contribution in [0.15, 0.2) is 12.1 Å². The number of nitrogens with one attached hydrogen (secondary N) is 1. The normalized spacial score (nSPS) is 23.2. The molecule has 0 unspecified atom stereocenters. The van der Waals surface area contributed by atoms with E-state index in [0.29, 0.717) is 18.5 Å². The van der Waals surface area contributed by atoms with E-state index in [0.717, 1.165) is 43.6 Å². The van der Waals surface area contributed by atoms with Gasteiger partial charge in [-0.15, -0.1) is 0 Å². The first kappa shape index (κ1) is 14.5. The summed E-state index contributed by atoms with van der Waals surface area (Å²) in [4.78, 5) is 13.4. The highest BCUT2D eigenvalue weighted by molar-refractivity contribution is 5.88. The van der Waals surface area contributed by atoms with Crippen LogP contribution in [0.25, 0.3) is 0 Å². The summed E-state index contributed by atoms with van der Waals surface area (Å²) >= 11 is 0. The number of carboxylic acid groups (broad SMARTS) is 1. The summed E-state index contributed by atoms with van der Waals surface area (Å²) in [5.74, 6) is -1.39. The lowest BCUT2D eigenvalue weighted by Gasteiger charge is -2.32. The molecular weight excluding hydrogens is 271 g/mol. The van der Waals surface area contributed by atoms with E-state index in [1.165, 1.54) is 6.07 Å². The van der Waals surface area contributed by atoms with Crippen LogP contribution in [0.5, 0.6) is 0 Å². The molecule has 1 saturated heterocycles. The van der Waals surface area contributed by atoms with Crippen LogP contribution in [0.2, 0.25) is 0 Å². The molecule has 21 heavy (non-hydrogen) atoms. The Labute approximate surface area is 124 Å². The van der Waals surface area contributed by atoms with Gasteiger partial charge in [0.2, 0.25) is 0 Å². The molecule has 0 amide bonds. The Morgan fingerprint density at radius 2 is 2.24 bits per heavy atom. The predicted octanol–water partition coefficient (Wildman–Crippen LogP) is 2.20. The van der Waals surface area contributed by atoms with Crippen molar-refractivity contribution < 1.29 is 14.3 Å². The van der Waals surface area contributed by atoms with E-state index in [4.69, 9.17) is 5.11 Å². The number of benzene rings is 1. The Kier molecular flexibility index (Phi) is 3.95. The maximum absolute atomic E-state index is 14.0. The summed E-state index contributed by atoms with van der Waals surface area (Å²) in [7, 11) is 0. The van der Waals surface area contributed by atoms with Gasteiger partial charge in [-0.1, -0.05) is 0 Å². The lowest BCUT2D eigenvalue weighted by Crippen LogP contribution is -2.48. The van der Waals surface area contributed by atoms with Crippen molar-refractivity contribution in [2.75, 3.05) is 19.6 Å². The smallest absolute Gasteiger partial charge is 0.338 e. The second-order valence-corrected chi connectivity index (χ2v) is 6.20. The van der Waals surface area contributed by atoms with Crippen LogP contribution in [0, 0.1) is 5.82 Å². The van der Waals surface area contributed by atoms with Gasteiger partial charge in [0.25, 0.3) is 0 Å². The number of hydrogen-bond donors (Lipinski definition) is 2. The van der Waals surface area contributed by atoms with Crippen LogP contribution >= 0.6 is 0 Å². The first-order chi connectivity index (χ1) is 10.0. The fraction of sp³-hybridized carbons (Fsp3) is 0.562. The molecule has 0 radical (unpaired) electrons. The SMILES string of the molecule is C[C@H]1CN(Cc2cc(F)c(C(=O)O)cc2C2CC2)CCN1. The van der Waals surface area contributed by atoms with Crippen molar-refractivity contribution >= 4 is 5.97 Å². The molecular formula is C16H21FN2O2. The first-order valence-corrected chi connectivity index (χ1v) is 7.56. The summed E-state index contributed by atoms with van der Waals surface area (Å²) in [5.41, 5.74) is 1.78. The van der Waals surface area contributed by atoms with Crippen LogP contribution < -0.4 is 5.32 Å². The third-order valence-electron chi connectivity index (χ3n) is 4.32. The minimum atomic E-state index is -1.18. The molecule has 1 saturated carbocycles. The summed E-state index contributed by atoms with van der Waals surface area (Å²) in [6.45, 7) is 5.66. The van der Waals surface area contributed by atoms with Gasteiger partial charge in [0.1, 0.15) is 5.82 Å². The Balaban J connectivity index is 1.86. The molecule has 1 atom stereocenters. The minimum Gasteiger partial charge on any atom is -0.478 e. The molecule has 1 aromatic carbocycles. The third kappa shape index (κ3) is 3.24. The molecule has 0 aromatic heterocycles. The molecule has 4 nitrogen and oxygen atoms in total. The van der Waals surface area contributed by atoms with Crippen molar-refractivity contribution in [1.82, 2.24) is 10.2 Å². The van der Waals surface area contributed by atoms with Gasteiger partial charge in [-0.3, -0.25) is 4.90 Å². The van der Waals surface area contributed by atoms with Crippen molar-refractivity contribution in [2.24, 2.45) is 0 Å². The highest BCUT2D eigenvalue weighted by Gasteiger charge is 2.29. The van der Waals surface area contributed by atoms with Gasteiger partial charge < -0.3 is 10.4 Å². The van der Waals surface area contributed by atoms with Crippen molar-refractivity contribution in [3.63, 3.8) is 0 Å². The van der Waals surface area contributed by atoms with Gasteiger partial charge >= 0.3 is 5.97 Å². The third-order valence-corrected chi connectivity index (χ3v) is 4.32. The quantitative estimate of drug-likeness (QED) is 0.893. The zero-order chi connectivity index (χ0) is 15.0. The monoisotopic (exact) mass is 292 g/mol. The van der Waals surface area contributed by atoms with Gasteiger partial charge in [0.15, 0.2) is 0 Å². The fourth-order valence-electron chi connectivity index (χ4n) is 3.10. The van der Waals surface area contributed by atoms with Gasteiger partial charge in [0, 0.05) is 32.2 Å². The molecule has 0 spiro atoms. The molecule has 0 bridgehead atoms. The molecule has 114 valence electrons. The summed E-state index contributed by atoms with van der Waals surface area (Å²) in [5, 5.41) is 12.5. The van der Waals surface area contributed by atoms with Crippen LogP contribution in [-0.2, 0) is 6.54 Å². The van der Waals surface area contributed by atoms with E-state index in [-0.39, 0.29) is 5.56 Å². The second-order valence-electron chi connectivity index (χ2n) is 6.20. The standard InChI is InChI=1S/C16H21FN2O2/c1-10-8-19(5-4-18-10)9-12-6-15(17)14(16(20)21)7-13(12)11-2-3-11/h6-7,10-11,18H,2-5,8-9H2,1H3,(H,20,21)/t10-/m0/s1. The molecule has 1 aliphatic heterocycles. The molecule has 1 aliphatic carbocycles. The predicted molar refractivity (Wildman–Crippen MR) is 78.1 cm³/mol. The number of aromatic carboxylic acids is 1. The number of halogens is 1. The highest BCUT2D eigenvalue weighted by atomic mass is 19.1. The largest absolute Gasteiger partial charge is 0.478 e. The number of rotatable bonds is 4. The molecule has 2 aliphatic rings. The van der Waals surface area contributed by atoms with Gasteiger partial charge in [0.05, 0.1) is 5.56 Å². The fourth-order valence-corrected chi connectivity index (χ4v) is 3.10. The number of hydrogen-bond acceptors (Lipinski definition) is 3. The van der Waals surface area contributed by atoms with E-state index >= 15 is 0 Å².